The summed E-state index contributed by atoms with van der Waals surface area (Å²) in [5, 5.41) is 11.9. The molecule has 0 radical (unpaired) electrons. The van der Waals surface area contributed by atoms with Crippen molar-refractivity contribution in [2.75, 3.05) is 0 Å². The Morgan fingerprint density at radius 1 is 0.704 bits per heavy atom. The van der Waals surface area contributed by atoms with Crippen molar-refractivity contribution < 1.29 is 5.11 Å². The van der Waals surface area contributed by atoms with Gasteiger partial charge in [0, 0.05) is 5.56 Å². The van der Waals surface area contributed by atoms with E-state index in [9.17, 15) is 5.11 Å². The minimum atomic E-state index is -1.43. The van der Waals surface area contributed by atoms with E-state index in [1.54, 1.807) is 6.07 Å². The van der Waals surface area contributed by atoms with E-state index in [4.69, 9.17) is 17.2 Å². The lowest BCUT2D eigenvalue weighted by Crippen LogP contribution is -2.29. The Morgan fingerprint density at radius 2 is 1.19 bits per heavy atom. The lowest BCUT2D eigenvalue weighted by Gasteiger charge is -2.31. The van der Waals surface area contributed by atoms with Gasteiger partial charge in [-0.2, -0.15) is 4.99 Å². The Kier molecular flexibility index (Phi) is 5.19. The van der Waals surface area contributed by atoms with Crippen molar-refractivity contribution >= 4 is 17.6 Å². The molecule has 0 unspecified atom stereocenters. The van der Waals surface area contributed by atoms with Gasteiger partial charge in [-0.15, -0.1) is 0 Å². The fraction of sp³-hybridized carbons (Fsp3) is 0.0476. The van der Waals surface area contributed by atoms with E-state index >= 15 is 0 Å². The van der Waals surface area contributed by atoms with Crippen molar-refractivity contribution in [2.45, 2.75) is 5.60 Å². The monoisotopic (exact) mass is 359 g/mol. The van der Waals surface area contributed by atoms with E-state index in [2.05, 4.69) is 9.98 Å². The number of para-hydroxylation sites is 1. The first-order valence-corrected chi connectivity index (χ1v) is 8.38. The molecule has 7 N–H and O–H groups in total. The van der Waals surface area contributed by atoms with Crippen molar-refractivity contribution in [1.29, 1.82) is 0 Å². The van der Waals surface area contributed by atoms with Crippen LogP contribution in [-0.4, -0.2) is 17.0 Å². The second-order valence-electron chi connectivity index (χ2n) is 5.97. The molecule has 6 heteroatoms. The van der Waals surface area contributed by atoms with Gasteiger partial charge in [0.2, 0.25) is 5.96 Å². The molecular weight excluding hydrogens is 338 g/mol. The molecule has 0 atom stereocenters. The maximum Gasteiger partial charge on any atom is 0.223 e. The average molecular weight is 359 g/mol. The lowest BCUT2D eigenvalue weighted by atomic mass is 9.79. The van der Waals surface area contributed by atoms with Gasteiger partial charge in [0.05, 0.1) is 5.69 Å². The Hall–Kier alpha value is -3.64. The first kappa shape index (κ1) is 18.2. The molecule has 0 aromatic heterocycles. The summed E-state index contributed by atoms with van der Waals surface area (Å²) in [5.41, 5.74) is 17.6. The lowest BCUT2D eigenvalue weighted by molar-refractivity contribution is 0.126. The number of rotatable bonds is 4. The fourth-order valence-electron chi connectivity index (χ4n) is 2.99. The van der Waals surface area contributed by atoms with Gasteiger partial charge in [0.1, 0.15) is 5.60 Å². The number of nitrogens with two attached hydrogens (primary N) is 3. The summed E-state index contributed by atoms with van der Waals surface area (Å²) in [7, 11) is 0. The summed E-state index contributed by atoms with van der Waals surface area (Å²) in [6, 6.07) is 26.0. The van der Waals surface area contributed by atoms with Crippen LogP contribution in [0.1, 0.15) is 16.7 Å². The number of guanidine groups is 2. The third kappa shape index (κ3) is 3.80. The highest BCUT2D eigenvalue weighted by Gasteiger charge is 2.35. The van der Waals surface area contributed by atoms with Crippen LogP contribution in [0.2, 0.25) is 0 Å². The molecule has 0 aliphatic heterocycles. The van der Waals surface area contributed by atoms with Gasteiger partial charge in [0.25, 0.3) is 0 Å². The van der Waals surface area contributed by atoms with Crippen LogP contribution >= 0.6 is 0 Å². The van der Waals surface area contributed by atoms with Crippen LogP contribution in [0.5, 0.6) is 0 Å². The minimum Gasteiger partial charge on any atom is -0.376 e. The van der Waals surface area contributed by atoms with Crippen LogP contribution in [0, 0.1) is 0 Å². The predicted molar refractivity (Wildman–Crippen MR) is 109 cm³/mol. The highest BCUT2D eigenvalue weighted by molar-refractivity contribution is 5.93. The molecular formula is C21H21N5O. The molecule has 0 spiro atoms. The molecule has 3 aromatic rings. The molecule has 27 heavy (non-hydrogen) atoms. The van der Waals surface area contributed by atoms with Gasteiger partial charge in [-0.1, -0.05) is 78.9 Å². The third-order valence-electron chi connectivity index (χ3n) is 4.16. The highest BCUT2D eigenvalue weighted by Crippen LogP contribution is 2.40. The Morgan fingerprint density at radius 3 is 1.70 bits per heavy atom. The van der Waals surface area contributed by atoms with Gasteiger partial charge in [0.15, 0.2) is 5.96 Å². The van der Waals surface area contributed by atoms with Crippen LogP contribution in [0.3, 0.4) is 0 Å². The largest absolute Gasteiger partial charge is 0.376 e. The summed E-state index contributed by atoms with van der Waals surface area (Å²) in [4.78, 5) is 8.06. The normalized spacial score (nSPS) is 11.8. The highest BCUT2D eigenvalue weighted by atomic mass is 16.3. The van der Waals surface area contributed by atoms with Gasteiger partial charge in [-0.25, -0.2) is 4.99 Å². The molecule has 136 valence electrons. The number of hydrogen-bond acceptors (Lipinski definition) is 2. The molecule has 3 rings (SSSR count). The topological polar surface area (TPSA) is 123 Å². The number of hydrogen-bond donors (Lipinski definition) is 4. The van der Waals surface area contributed by atoms with Gasteiger partial charge < -0.3 is 22.3 Å². The van der Waals surface area contributed by atoms with Crippen molar-refractivity contribution in [3.05, 3.63) is 102 Å². The zero-order valence-corrected chi connectivity index (χ0v) is 14.7. The van der Waals surface area contributed by atoms with Crippen LogP contribution in [0.4, 0.5) is 5.69 Å². The van der Waals surface area contributed by atoms with Gasteiger partial charge >= 0.3 is 0 Å². The summed E-state index contributed by atoms with van der Waals surface area (Å²) in [6.45, 7) is 0. The van der Waals surface area contributed by atoms with Crippen molar-refractivity contribution in [3.63, 3.8) is 0 Å². The smallest absolute Gasteiger partial charge is 0.223 e. The molecule has 0 saturated heterocycles. The quantitative estimate of drug-likeness (QED) is 0.324. The third-order valence-corrected chi connectivity index (χ3v) is 4.16. The summed E-state index contributed by atoms with van der Waals surface area (Å²) in [6.07, 6.45) is 0. The number of aliphatic imine (C=N–C) groups is 2. The van der Waals surface area contributed by atoms with Crippen LogP contribution < -0.4 is 17.2 Å². The van der Waals surface area contributed by atoms with Crippen LogP contribution in [-0.2, 0) is 5.60 Å². The number of aliphatic hydroxyl groups is 1. The second kappa shape index (κ2) is 7.72. The van der Waals surface area contributed by atoms with E-state index < -0.39 is 5.60 Å². The number of benzene rings is 3. The maximum absolute atomic E-state index is 11.9. The summed E-state index contributed by atoms with van der Waals surface area (Å²) < 4.78 is 0. The summed E-state index contributed by atoms with van der Waals surface area (Å²) in [5.74, 6) is -0.277. The van der Waals surface area contributed by atoms with E-state index in [0.717, 1.165) is 0 Å². The molecule has 0 saturated carbocycles. The minimum absolute atomic E-state index is 0.0917. The van der Waals surface area contributed by atoms with E-state index in [-0.39, 0.29) is 11.9 Å². The maximum atomic E-state index is 11.9. The fourth-order valence-corrected chi connectivity index (χ4v) is 2.99. The molecule has 6 nitrogen and oxygen atoms in total. The zero-order chi connectivity index (χ0) is 19.3. The van der Waals surface area contributed by atoms with Crippen LogP contribution in [0.25, 0.3) is 0 Å². The standard InChI is InChI=1S/C21H21N5O/c22-19(23)26-20(24)25-18-14-8-7-13-17(18)21(27,15-9-3-1-4-10-15)16-11-5-2-6-12-16/h1-14,27H,(H6,22,23,24,25,26). The Bertz CT molecular complexity index is 925. The van der Waals surface area contributed by atoms with Gasteiger partial charge in [-0.05, 0) is 17.2 Å². The molecule has 0 bridgehead atoms. The predicted octanol–water partition coefficient (Wildman–Crippen LogP) is 2.19. The SMILES string of the molecule is NC(N)=NC(N)=Nc1ccccc1C(O)(c1ccccc1)c1ccccc1. The average Bonchev–Trinajstić information content (AvgIpc) is 2.68. The zero-order valence-electron chi connectivity index (χ0n) is 14.7. The summed E-state index contributed by atoms with van der Waals surface area (Å²) >= 11 is 0. The van der Waals surface area contributed by atoms with Crippen molar-refractivity contribution in [1.82, 2.24) is 0 Å². The molecule has 0 aliphatic carbocycles. The van der Waals surface area contributed by atoms with Gasteiger partial charge in [-0.3, -0.25) is 0 Å². The first-order valence-electron chi connectivity index (χ1n) is 8.38. The van der Waals surface area contributed by atoms with E-state index in [0.29, 0.717) is 22.4 Å². The van der Waals surface area contributed by atoms with Crippen molar-refractivity contribution in [2.24, 2.45) is 27.2 Å². The second-order valence-corrected chi connectivity index (χ2v) is 5.97. The molecule has 0 fully saturated rings. The molecule has 0 amide bonds. The Labute approximate surface area is 157 Å². The molecule has 3 aromatic carbocycles. The Balaban J connectivity index is 2.26. The van der Waals surface area contributed by atoms with Crippen molar-refractivity contribution in [3.8, 4) is 0 Å². The molecule has 0 heterocycles. The number of nitrogens with zero attached hydrogens (tertiary/aromatic N) is 2. The van der Waals surface area contributed by atoms with E-state index in [1.165, 1.54) is 0 Å². The first-order chi connectivity index (χ1) is 13.0. The van der Waals surface area contributed by atoms with Crippen LogP contribution in [0.15, 0.2) is 94.9 Å². The van der Waals surface area contributed by atoms with E-state index in [1.807, 2.05) is 78.9 Å². The molecule has 0 aliphatic rings.